The van der Waals surface area contributed by atoms with Crippen LogP contribution in [0, 0.1) is 0 Å². The van der Waals surface area contributed by atoms with E-state index in [2.05, 4.69) is 6.58 Å². The summed E-state index contributed by atoms with van der Waals surface area (Å²) >= 11 is 0. The highest BCUT2D eigenvalue weighted by atomic mass is 16.4. The number of amides is 1. The van der Waals surface area contributed by atoms with Gasteiger partial charge in [-0.1, -0.05) is 6.08 Å². The lowest BCUT2D eigenvalue weighted by Crippen LogP contribution is -2.46. The second-order valence-corrected chi connectivity index (χ2v) is 3.24. The zero-order chi connectivity index (χ0) is 12.7. The van der Waals surface area contributed by atoms with Crippen LogP contribution in [0.3, 0.4) is 0 Å². The summed E-state index contributed by atoms with van der Waals surface area (Å²) in [6, 6.07) is 0. The summed E-state index contributed by atoms with van der Waals surface area (Å²) in [4.78, 5) is 23.6. The first-order valence-corrected chi connectivity index (χ1v) is 4.66. The number of carbonyl (C=O) groups is 2. The molecule has 90 valence electrons. The summed E-state index contributed by atoms with van der Waals surface area (Å²) in [5.74, 6) is -1.18. The van der Waals surface area contributed by atoms with E-state index in [0.29, 0.717) is 6.54 Å². The van der Waals surface area contributed by atoms with Crippen molar-refractivity contribution in [2.75, 3.05) is 13.6 Å². The number of nitrogens with zero attached hydrogens (tertiary/aromatic N) is 2. The fourth-order valence-corrected chi connectivity index (χ4v) is 1.26. The molecule has 1 aliphatic rings. The highest BCUT2D eigenvalue weighted by molar-refractivity contribution is 5.80. The van der Waals surface area contributed by atoms with Crippen LogP contribution in [0.2, 0.25) is 0 Å². The third-order valence-electron chi connectivity index (χ3n) is 1.79. The van der Waals surface area contributed by atoms with E-state index < -0.39 is 5.97 Å². The third kappa shape index (κ3) is 4.50. The molecule has 1 heterocycles. The molecule has 1 amide bonds. The molecule has 0 aliphatic carbocycles. The van der Waals surface area contributed by atoms with E-state index in [1.165, 1.54) is 0 Å². The van der Waals surface area contributed by atoms with Crippen LogP contribution in [-0.4, -0.2) is 46.5 Å². The molecule has 0 saturated carbocycles. The van der Waals surface area contributed by atoms with Gasteiger partial charge in [-0.25, -0.2) is 0 Å². The maximum Gasteiger partial charge on any atom is 0.300 e. The second kappa shape index (κ2) is 6.49. The Bertz CT molecular complexity index is 298. The van der Waals surface area contributed by atoms with E-state index in [1.807, 2.05) is 24.3 Å². The van der Waals surface area contributed by atoms with Gasteiger partial charge in [0.25, 0.3) is 11.9 Å². The minimum atomic E-state index is -0.833. The molecule has 6 heteroatoms. The van der Waals surface area contributed by atoms with Crippen molar-refractivity contribution in [3.63, 3.8) is 0 Å². The van der Waals surface area contributed by atoms with Crippen molar-refractivity contribution >= 4 is 11.9 Å². The molecular formula is C10H17N3O3. The number of hydrogen-bond donors (Lipinski definition) is 2. The lowest BCUT2D eigenvalue weighted by molar-refractivity contribution is -0.134. The van der Waals surface area contributed by atoms with Crippen LogP contribution in [-0.2, 0) is 9.59 Å². The van der Waals surface area contributed by atoms with Gasteiger partial charge in [-0.3, -0.25) is 9.59 Å². The Labute approximate surface area is 94.6 Å². The largest absolute Gasteiger partial charge is 0.481 e. The molecule has 0 spiro atoms. The van der Waals surface area contributed by atoms with Gasteiger partial charge in [0.1, 0.15) is 0 Å². The van der Waals surface area contributed by atoms with E-state index in [4.69, 9.17) is 15.6 Å². The summed E-state index contributed by atoms with van der Waals surface area (Å²) in [5, 5.41) is 7.42. The van der Waals surface area contributed by atoms with Crippen LogP contribution in [0.15, 0.2) is 25.1 Å². The van der Waals surface area contributed by atoms with E-state index >= 15 is 0 Å². The van der Waals surface area contributed by atoms with Crippen molar-refractivity contribution in [1.82, 2.24) is 9.80 Å². The van der Waals surface area contributed by atoms with Crippen LogP contribution < -0.4 is 5.73 Å². The van der Waals surface area contributed by atoms with Crippen molar-refractivity contribution < 1.29 is 14.7 Å². The van der Waals surface area contributed by atoms with E-state index in [0.717, 1.165) is 6.92 Å². The lowest BCUT2D eigenvalue weighted by atomic mass is 10.4. The van der Waals surface area contributed by atoms with Gasteiger partial charge in [0.15, 0.2) is 6.17 Å². The SMILES string of the molecule is C=CCN1C=CN(C)C1C(N)=O.CC(=O)O. The lowest BCUT2D eigenvalue weighted by Gasteiger charge is -2.26. The molecule has 16 heavy (non-hydrogen) atoms. The minimum Gasteiger partial charge on any atom is -0.481 e. The van der Waals surface area contributed by atoms with Crippen molar-refractivity contribution in [2.45, 2.75) is 13.1 Å². The van der Waals surface area contributed by atoms with Gasteiger partial charge in [-0.05, 0) is 0 Å². The van der Waals surface area contributed by atoms with E-state index in [1.54, 1.807) is 11.0 Å². The summed E-state index contributed by atoms with van der Waals surface area (Å²) in [5.41, 5.74) is 5.21. The molecule has 1 atom stereocenters. The Hall–Kier alpha value is -1.98. The number of hydrogen-bond acceptors (Lipinski definition) is 4. The molecule has 0 fully saturated rings. The maximum atomic E-state index is 11.0. The number of carboxylic acid groups (broad SMARTS) is 1. The van der Waals surface area contributed by atoms with Crippen molar-refractivity contribution in [3.8, 4) is 0 Å². The first-order valence-electron chi connectivity index (χ1n) is 4.66. The van der Waals surface area contributed by atoms with E-state index in [9.17, 15) is 4.79 Å². The molecule has 0 aromatic carbocycles. The standard InChI is InChI=1S/C8H13N3O.C2H4O2/c1-3-4-11-6-5-10(2)8(11)7(9)12;1-2(3)4/h3,5-6,8H,1,4H2,2H3,(H2,9,12);1H3,(H,3,4). The summed E-state index contributed by atoms with van der Waals surface area (Å²) < 4.78 is 0. The number of nitrogens with two attached hydrogens (primary N) is 1. The third-order valence-corrected chi connectivity index (χ3v) is 1.79. The number of carboxylic acids is 1. The van der Waals surface area contributed by atoms with E-state index in [-0.39, 0.29) is 12.1 Å². The molecule has 0 bridgehead atoms. The topological polar surface area (TPSA) is 86.9 Å². The van der Waals surface area contributed by atoms with Crippen LogP contribution in [0.25, 0.3) is 0 Å². The zero-order valence-electron chi connectivity index (χ0n) is 9.46. The molecule has 1 unspecified atom stereocenters. The van der Waals surface area contributed by atoms with Gasteiger partial charge in [0.05, 0.1) is 0 Å². The Balaban J connectivity index is 0.000000487. The first-order chi connectivity index (χ1) is 7.40. The molecule has 1 aliphatic heterocycles. The molecular weight excluding hydrogens is 210 g/mol. The molecule has 3 N–H and O–H groups in total. The number of aliphatic carboxylic acids is 1. The van der Waals surface area contributed by atoms with Gasteiger partial charge >= 0.3 is 0 Å². The molecule has 0 aromatic heterocycles. The normalized spacial score (nSPS) is 17.8. The Kier molecular flexibility index (Phi) is 5.69. The highest BCUT2D eigenvalue weighted by Gasteiger charge is 2.27. The Morgan fingerprint density at radius 2 is 2.06 bits per heavy atom. The highest BCUT2D eigenvalue weighted by Crippen LogP contribution is 2.12. The van der Waals surface area contributed by atoms with Crippen LogP contribution in [0.4, 0.5) is 0 Å². The van der Waals surface area contributed by atoms with Crippen LogP contribution >= 0.6 is 0 Å². The number of primary amides is 1. The predicted octanol–water partition coefficient (Wildman–Crippen LogP) is -0.207. The molecule has 6 nitrogen and oxygen atoms in total. The van der Waals surface area contributed by atoms with Gasteiger partial charge in [0.2, 0.25) is 0 Å². The molecule has 0 aromatic rings. The Morgan fingerprint density at radius 3 is 2.44 bits per heavy atom. The quantitative estimate of drug-likeness (QED) is 0.652. The van der Waals surface area contributed by atoms with Gasteiger partial charge in [-0.2, -0.15) is 0 Å². The predicted molar refractivity (Wildman–Crippen MR) is 60.1 cm³/mol. The minimum absolute atomic E-state index is 0.343. The fraction of sp³-hybridized carbons (Fsp3) is 0.400. The van der Waals surface area contributed by atoms with Crippen molar-refractivity contribution in [3.05, 3.63) is 25.1 Å². The smallest absolute Gasteiger partial charge is 0.300 e. The second-order valence-electron chi connectivity index (χ2n) is 3.24. The number of rotatable bonds is 3. The van der Waals surface area contributed by atoms with Gasteiger partial charge in [0, 0.05) is 32.9 Å². The summed E-state index contributed by atoms with van der Waals surface area (Å²) in [6.07, 6.45) is 5.03. The van der Waals surface area contributed by atoms with Crippen LogP contribution in [0.5, 0.6) is 0 Å². The summed E-state index contributed by atoms with van der Waals surface area (Å²) in [6.45, 7) is 5.31. The monoisotopic (exact) mass is 227 g/mol. The first kappa shape index (κ1) is 14.0. The average molecular weight is 227 g/mol. The van der Waals surface area contributed by atoms with Crippen LogP contribution in [0.1, 0.15) is 6.92 Å². The molecule has 0 radical (unpaired) electrons. The molecule has 0 saturated heterocycles. The fourth-order valence-electron chi connectivity index (χ4n) is 1.26. The number of likely N-dealkylation sites (N-methyl/N-ethyl adjacent to an activating group) is 1. The van der Waals surface area contributed by atoms with Gasteiger partial charge in [-0.15, -0.1) is 6.58 Å². The van der Waals surface area contributed by atoms with Crippen molar-refractivity contribution in [2.24, 2.45) is 5.73 Å². The molecule has 1 rings (SSSR count). The van der Waals surface area contributed by atoms with Crippen molar-refractivity contribution in [1.29, 1.82) is 0 Å². The summed E-state index contributed by atoms with van der Waals surface area (Å²) in [7, 11) is 1.81. The number of carbonyl (C=O) groups excluding carboxylic acids is 1. The Morgan fingerprint density at radius 1 is 1.56 bits per heavy atom. The zero-order valence-corrected chi connectivity index (χ0v) is 9.46. The van der Waals surface area contributed by atoms with Gasteiger partial charge < -0.3 is 20.6 Å². The maximum absolute atomic E-state index is 11.0. The average Bonchev–Trinajstić information content (AvgIpc) is 2.46.